The normalized spacial score (nSPS) is 37.9. The molecule has 0 spiro atoms. The lowest BCUT2D eigenvalue weighted by molar-refractivity contribution is -0.160. The van der Waals surface area contributed by atoms with Crippen molar-refractivity contribution in [3.8, 4) is 0 Å². The van der Waals surface area contributed by atoms with E-state index in [1.807, 2.05) is 0 Å². The highest BCUT2D eigenvalue weighted by atomic mass is 16.6. The molecule has 1 saturated heterocycles. The van der Waals surface area contributed by atoms with E-state index in [1.54, 1.807) is 6.92 Å². The molecule has 2 N–H and O–H groups in total. The summed E-state index contributed by atoms with van der Waals surface area (Å²) in [5.74, 6) is -0.609. The number of hydrogen-bond donors (Lipinski definition) is 2. The van der Waals surface area contributed by atoms with Crippen molar-refractivity contribution in [3.63, 3.8) is 0 Å². The molecule has 1 heterocycles. The average Bonchev–Trinajstić information content (AvgIpc) is 2.14. The van der Waals surface area contributed by atoms with Gasteiger partial charge in [0.05, 0.1) is 11.7 Å². The average molecular weight is 198 g/mol. The van der Waals surface area contributed by atoms with Crippen LogP contribution in [-0.4, -0.2) is 28.4 Å². The molecule has 0 radical (unpaired) electrons. The second kappa shape index (κ2) is 3.28. The Labute approximate surface area is 82.2 Å². The topological polar surface area (TPSA) is 66.8 Å². The Balaban J connectivity index is 2.36. The summed E-state index contributed by atoms with van der Waals surface area (Å²) in [5, 5.41) is 19.3. The van der Waals surface area contributed by atoms with Gasteiger partial charge in [-0.05, 0) is 19.8 Å². The van der Waals surface area contributed by atoms with E-state index in [9.17, 15) is 15.0 Å². The number of hydrogen-bond acceptors (Lipinski definition) is 4. The van der Waals surface area contributed by atoms with Gasteiger partial charge in [-0.15, -0.1) is 0 Å². The highest BCUT2D eigenvalue weighted by molar-refractivity contribution is 5.90. The van der Waals surface area contributed by atoms with Crippen LogP contribution in [0, 0.1) is 5.92 Å². The number of allylic oxidation sites excluding steroid dienone is 1. The first-order valence-electron chi connectivity index (χ1n) is 4.92. The summed E-state index contributed by atoms with van der Waals surface area (Å²) in [4.78, 5) is 11.4. The van der Waals surface area contributed by atoms with Gasteiger partial charge in [-0.3, -0.25) is 0 Å². The molecule has 4 nitrogen and oxygen atoms in total. The molecule has 0 saturated carbocycles. The third-order valence-electron chi connectivity index (χ3n) is 3.02. The van der Waals surface area contributed by atoms with Crippen LogP contribution in [0.25, 0.3) is 0 Å². The molecule has 78 valence electrons. The van der Waals surface area contributed by atoms with Gasteiger partial charge in [0.25, 0.3) is 0 Å². The molecule has 1 aliphatic heterocycles. The smallest absolute Gasteiger partial charge is 0.338 e. The number of carbonyl (C=O) groups excluding carboxylic acids is 1. The van der Waals surface area contributed by atoms with E-state index >= 15 is 0 Å². The molecule has 2 aliphatic rings. The van der Waals surface area contributed by atoms with Crippen LogP contribution in [0.5, 0.6) is 0 Å². The van der Waals surface area contributed by atoms with Crippen LogP contribution in [0.4, 0.5) is 0 Å². The van der Waals surface area contributed by atoms with Crippen LogP contribution in [0.15, 0.2) is 11.3 Å². The van der Waals surface area contributed by atoms with E-state index in [4.69, 9.17) is 4.74 Å². The molecule has 4 heteroatoms. The van der Waals surface area contributed by atoms with E-state index in [1.165, 1.54) is 0 Å². The highest BCUT2D eigenvalue weighted by Crippen LogP contribution is 2.36. The fraction of sp³-hybridized carbons (Fsp3) is 0.700. The maximum Gasteiger partial charge on any atom is 0.338 e. The number of ether oxygens (including phenoxy) is 1. The molecule has 14 heavy (non-hydrogen) atoms. The SMILES string of the molecule is C[C@H]1OC(=O)C2=C(O)CCC[C@H]2[C@H]1O. The quantitative estimate of drug-likeness (QED) is 0.568. The molecule has 0 amide bonds. The lowest BCUT2D eigenvalue weighted by Crippen LogP contribution is -2.44. The lowest BCUT2D eigenvalue weighted by Gasteiger charge is -2.36. The Kier molecular flexibility index (Phi) is 2.23. The van der Waals surface area contributed by atoms with Gasteiger partial charge in [0.15, 0.2) is 0 Å². The number of rotatable bonds is 0. The van der Waals surface area contributed by atoms with Crippen molar-refractivity contribution in [2.24, 2.45) is 5.92 Å². The number of aliphatic hydroxyl groups excluding tert-OH is 2. The standard InChI is InChI=1S/C10H14O4/c1-5-9(12)6-3-2-4-7(11)8(6)10(13)14-5/h5-6,9,11-12H,2-4H2,1H3/t5-,6-,9+/m1/s1. The van der Waals surface area contributed by atoms with Crippen LogP contribution in [0.2, 0.25) is 0 Å². The summed E-state index contributed by atoms with van der Waals surface area (Å²) in [7, 11) is 0. The first kappa shape index (κ1) is 9.52. The van der Waals surface area contributed by atoms with Crippen molar-refractivity contribution in [1.29, 1.82) is 0 Å². The second-order valence-electron chi connectivity index (χ2n) is 3.96. The van der Waals surface area contributed by atoms with Gasteiger partial charge >= 0.3 is 5.97 Å². The molecule has 0 bridgehead atoms. The lowest BCUT2D eigenvalue weighted by atomic mass is 9.79. The number of esters is 1. The van der Waals surface area contributed by atoms with Crippen LogP contribution in [0.3, 0.4) is 0 Å². The van der Waals surface area contributed by atoms with E-state index in [0.717, 1.165) is 12.8 Å². The minimum absolute atomic E-state index is 0.0946. The van der Waals surface area contributed by atoms with Crippen molar-refractivity contribution < 1.29 is 19.7 Å². The molecule has 2 rings (SSSR count). The van der Waals surface area contributed by atoms with E-state index < -0.39 is 18.2 Å². The predicted molar refractivity (Wildman–Crippen MR) is 48.6 cm³/mol. The summed E-state index contributed by atoms with van der Waals surface area (Å²) >= 11 is 0. The van der Waals surface area contributed by atoms with Gasteiger partial charge in [0.2, 0.25) is 0 Å². The molecule has 1 fully saturated rings. The van der Waals surface area contributed by atoms with Crippen LogP contribution in [-0.2, 0) is 9.53 Å². The second-order valence-corrected chi connectivity index (χ2v) is 3.96. The minimum Gasteiger partial charge on any atom is -0.512 e. The van der Waals surface area contributed by atoms with Crippen LogP contribution in [0.1, 0.15) is 26.2 Å². The van der Waals surface area contributed by atoms with E-state index in [0.29, 0.717) is 12.0 Å². The first-order valence-corrected chi connectivity index (χ1v) is 4.92. The number of carbonyl (C=O) groups is 1. The highest BCUT2D eigenvalue weighted by Gasteiger charge is 2.42. The van der Waals surface area contributed by atoms with Crippen molar-refractivity contribution in [3.05, 3.63) is 11.3 Å². The summed E-state index contributed by atoms with van der Waals surface area (Å²) < 4.78 is 4.93. The largest absolute Gasteiger partial charge is 0.512 e. The van der Waals surface area contributed by atoms with Crippen molar-refractivity contribution >= 4 is 5.97 Å². The molecular weight excluding hydrogens is 184 g/mol. The van der Waals surface area contributed by atoms with Gasteiger partial charge in [-0.2, -0.15) is 0 Å². The monoisotopic (exact) mass is 198 g/mol. The number of aliphatic hydroxyl groups is 2. The number of fused-ring (bicyclic) bond motifs is 1. The Morgan fingerprint density at radius 1 is 1.50 bits per heavy atom. The predicted octanol–water partition coefficient (Wildman–Crippen LogP) is 0.905. The zero-order valence-electron chi connectivity index (χ0n) is 8.06. The minimum atomic E-state index is -0.676. The molecule has 0 aromatic carbocycles. The summed E-state index contributed by atoms with van der Waals surface area (Å²) in [6.07, 6.45) is 0.936. The Hall–Kier alpha value is -1.03. The van der Waals surface area contributed by atoms with Gasteiger partial charge in [0.1, 0.15) is 11.9 Å². The van der Waals surface area contributed by atoms with Crippen LogP contribution < -0.4 is 0 Å². The van der Waals surface area contributed by atoms with Crippen molar-refractivity contribution in [1.82, 2.24) is 0 Å². The maximum absolute atomic E-state index is 11.4. The molecule has 0 aromatic rings. The fourth-order valence-electron chi connectivity index (χ4n) is 2.22. The molecule has 3 atom stereocenters. The Bertz CT molecular complexity index is 294. The van der Waals surface area contributed by atoms with Gasteiger partial charge in [-0.25, -0.2) is 4.79 Å². The molecule has 0 aromatic heterocycles. The van der Waals surface area contributed by atoms with Gasteiger partial charge in [0, 0.05) is 12.3 Å². The van der Waals surface area contributed by atoms with Crippen molar-refractivity contribution in [2.45, 2.75) is 38.4 Å². The maximum atomic E-state index is 11.4. The zero-order valence-corrected chi connectivity index (χ0v) is 8.06. The summed E-state index contributed by atoms with van der Waals surface area (Å²) in [6.45, 7) is 1.67. The molecular formula is C10H14O4. The fourth-order valence-corrected chi connectivity index (χ4v) is 2.22. The summed E-state index contributed by atoms with van der Waals surface area (Å²) in [5.41, 5.74) is 0.293. The van der Waals surface area contributed by atoms with Crippen LogP contribution >= 0.6 is 0 Å². The Morgan fingerprint density at radius 2 is 2.21 bits per heavy atom. The van der Waals surface area contributed by atoms with Gasteiger partial charge < -0.3 is 14.9 Å². The molecule has 1 aliphatic carbocycles. The van der Waals surface area contributed by atoms with E-state index in [2.05, 4.69) is 0 Å². The first-order chi connectivity index (χ1) is 6.61. The zero-order chi connectivity index (χ0) is 10.3. The number of cyclic esters (lactones) is 1. The van der Waals surface area contributed by atoms with Gasteiger partial charge in [-0.1, -0.05) is 0 Å². The van der Waals surface area contributed by atoms with E-state index in [-0.39, 0.29) is 11.7 Å². The Morgan fingerprint density at radius 3 is 2.93 bits per heavy atom. The summed E-state index contributed by atoms with van der Waals surface area (Å²) in [6, 6.07) is 0. The van der Waals surface area contributed by atoms with Crippen molar-refractivity contribution in [2.75, 3.05) is 0 Å². The third-order valence-corrected chi connectivity index (χ3v) is 3.02. The molecule has 0 unspecified atom stereocenters. The third kappa shape index (κ3) is 1.30.